The van der Waals surface area contributed by atoms with Gasteiger partial charge in [0.25, 0.3) is 0 Å². The van der Waals surface area contributed by atoms with Gasteiger partial charge in [-0.2, -0.15) is 0 Å². The SMILES string of the molecule is Cc1cc2c(NCC3(c4ccccc4)CCC3)ncnc2[nH]1. The van der Waals surface area contributed by atoms with Crippen LogP contribution in [0.5, 0.6) is 0 Å². The topological polar surface area (TPSA) is 53.6 Å². The van der Waals surface area contributed by atoms with E-state index < -0.39 is 0 Å². The van der Waals surface area contributed by atoms with Crippen molar-refractivity contribution in [2.24, 2.45) is 0 Å². The van der Waals surface area contributed by atoms with Gasteiger partial charge in [0.15, 0.2) is 0 Å². The van der Waals surface area contributed by atoms with Gasteiger partial charge >= 0.3 is 0 Å². The Labute approximate surface area is 130 Å². The highest BCUT2D eigenvalue weighted by molar-refractivity contribution is 5.87. The van der Waals surface area contributed by atoms with E-state index in [9.17, 15) is 0 Å². The molecule has 0 unspecified atom stereocenters. The van der Waals surface area contributed by atoms with Crippen molar-refractivity contribution in [3.05, 3.63) is 54.0 Å². The van der Waals surface area contributed by atoms with Crippen LogP contribution in [0.4, 0.5) is 5.82 Å². The Bertz CT molecular complexity index is 787. The fourth-order valence-corrected chi connectivity index (χ4v) is 3.43. The number of aromatic amines is 1. The Morgan fingerprint density at radius 3 is 2.73 bits per heavy atom. The fourth-order valence-electron chi connectivity index (χ4n) is 3.43. The van der Waals surface area contributed by atoms with Gasteiger partial charge in [0.05, 0.1) is 5.39 Å². The minimum atomic E-state index is 0.254. The van der Waals surface area contributed by atoms with Crippen molar-refractivity contribution in [1.82, 2.24) is 15.0 Å². The largest absolute Gasteiger partial charge is 0.369 e. The molecule has 0 radical (unpaired) electrons. The zero-order chi connectivity index (χ0) is 15.0. The highest BCUT2D eigenvalue weighted by atomic mass is 15.0. The molecule has 0 amide bonds. The number of aromatic nitrogens is 3. The van der Waals surface area contributed by atoms with E-state index in [4.69, 9.17) is 0 Å². The molecule has 1 saturated carbocycles. The molecule has 0 bridgehead atoms. The molecule has 1 aliphatic rings. The third-order valence-corrected chi connectivity index (χ3v) is 4.85. The smallest absolute Gasteiger partial charge is 0.143 e. The minimum Gasteiger partial charge on any atom is -0.369 e. The second kappa shape index (κ2) is 5.13. The molecule has 2 aromatic heterocycles. The average Bonchev–Trinajstić information content (AvgIpc) is 2.88. The Morgan fingerprint density at radius 2 is 2.00 bits per heavy atom. The summed E-state index contributed by atoms with van der Waals surface area (Å²) in [4.78, 5) is 12.0. The lowest BCUT2D eigenvalue weighted by Gasteiger charge is -2.42. The van der Waals surface area contributed by atoms with Crippen LogP contribution in [0.1, 0.15) is 30.5 Å². The molecular formula is C18H20N4. The summed E-state index contributed by atoms with van der Waals surface area (Å²) >= 11 is 0. The summed E-state index contributed by atoms with van der Waals surface area (Å²) in [6.45, 7) is 2.97. The molecule has 1 fully saturated rings. The molecule has 2 N–H and O–H groups in total. The molecule has 0 atom stereocenters. The van der Waals surface area contributed by atoms with Gasteiger partial charge in [-0.15, -0.1) is 0 Å². The van der Waals surface area contributed by atoms with Crippen LogP contribution in [0.2, 0.25) is 0 Å². The number of fused-ring (bicyclic) bond motifs is 1. The third-order valence-electron chi connectivity index (χ3n) is 4.85. The third kappa shape index (κ3) is 2.15. The van der Waals surface area contributed by atoms with E-state index in [0.717, 1.165) is 29.1 Å². The maximum Gasteiger partial charge on any atom is 0.143 e. The Hall–Kier alpha value is -2.36. The summed E-state index contributed by atoms with van der Waals surface area (Å²) < 4.78 is 0. The lowest BCUT2D eigenvalue weighted by molar-refractivity contribution is 0.260. The van der Waals surface area contributed by atoms with Crippen molar-refractivity contribution in [3.63, 3.8) is 0 Å². The van der Waals surface area contributed by atoms with E-state index >= 15 is 0 Å². The van der Waals surface area contributed by atoms with Crippen LogP contribution in [0.3, 0.4) is 0 Å². The molecule has 4 heteroatoms. The molecule has 4 rings (SSSR count). The quantitative estimate of drug-likeness (QED) is 0.769. The molecule has 112 valence electrons. The van der Waals surface area contributed by atoms with Gasteiger partial charge in [-0.1, -0.05) is 36.8 Å². The summed E-state index contributed by atoms with van der Waals surface area (Å²) in [6.07, 6.45) is 5.41. The first-order valence-corrected chi connectivity index (χ1v) is 7.87. The molecular weight excluding hydrogens is 272 g/mol. The molecule has 1 aliphatic carbocycles. The first-order valence-electron chi connectivity index (χ1n) is 7.87. The molecule has 3 aromatic rings. The number of anilines is 1. The van der Waals surface area contributed by atoms with Crippen LogP contribution >= 0.6 is 0 Å². The first kappa shape index (κ1) is 13.3. The molecule has 22 heavy (non-hydrogen) atoms. The van der Waals surface area contributed by atoms with E-state index in [2.05, 4.69) is 56.7 Å². The Balaban J connectivity index is 1.61. The minimum absolute atomic E-state index is 0.254. The van der Waals surface area contributed by atoms with Gasteiger partial charge in [-0.25, -0.2) is 9.97 Å². The summed E-state index contributed by atoms with van der Waals surface area (Å²) in [7, 11) is 0. The highest BCUT2D eigenvalue weighted by Gasteiger charge is 2.38. The Kier molecular flexibility index (Phi) is 3.10. The fraction of sp³-hybridized carbons (Fsp3) is 0.333. The van der Waals surface area contributed by atoms with Gasteiger partial charge in [0.1, 0.15) is 17.8 Å². The molecule has 0 aliphatic heterocycles. The van der Waals surface area contributed by atoms with Gasteiger partial charge in [-0.05, 0) is 31.4 Å². The maximum atomic E-state index is 4.43. The number of rotatable bonds is 4. The van der Waals surface area contributed by atoms with Crippen LogP contribution in [-0.2, 0) is 5.41 Å². The van der Waals surface area contributed by atoms with Crippen LogP contribution < -0.4 is 5.32 Å². The molecule has 0 spiro atoms. The normalized spacial score (nSPS) is 16.4. The van der Waals surface area contributed by atoms with E-state index in [1.165, 1.54) is 24.8 Å². The van der Waals surface area contributed by atoms with Crippen molar-refractivity contribution in [2.75, 3.05) is 11.9 Å². The number of aryl methyl sites for hydroxylation is 1. The average molecular weight is 292 g/mol. The number of hydrogen-bond acceptors (Lipinski definition) is 3. The van der Waals surface area contributed by atoms with Crippen molar-refractivity contribution in [1.29, 1.82) is 0 Å². The monoisotopic (exact) mass is 292 g/mol. The van der Waals surface area contributed by atoms with Crippen molar-refractivity contribution in [2.45, 2.75) is 31.6 Å². The van der Waals surface area contributed by atoms with Crippen LogP contribution in [0, 0.1) is 6.92 Å². The van der Waals surface area contributed by atoms with Crippen LogP contribution in [-0.4, -0.2) is 21.5 Å². The van der Waals surface area contributed by atoms with Gasteiger partial charge in [0, 0.05) is 17.7 Å². The van der Waals surface area contributed by atoms with Gasteiger partial charge in [0.2, 0.25) is 0 Å². The lowest BCUT2D eigenvalue weighted by Crippen LogP contribution is -2.41. The number of nitrogens with one attached hydrogen (secondary N) is 2. The van der Waals surface area contributed by atoms with Crippen molar-refractivity contribution >= 4 is 16.9 Å². The van der Waals surface area contributed by atoms with E-state index in [0.29, 0.717) is 0 Å². The van der Waals surface area contributed by atoms with Crippen molar-refractivity contribution in [3.8, 4) is 0 Å². The van der Waals surface area contributed by atoms with E-state index in [-0.39, 0.29) is 5.41 Å². The first-order chi connectivity index (χ1) is 10.8. The summed E-state index contributed by atoms with van der Waals surface area (Å²) in [5.41, 5.74) is 3.70. The highest BCUT2D eigenvalue weighted by Crippen LogP contribution is 2.43. The lowest BCUT2D eigenvalue weighted by atomic mass is 9.64. The number of H-pyrrole nitrogens is 1. The second-order valence-corrected chi connectivity index (χ2v) is 6.29. The predicted molar refractivity (Wildman–Crippen MR) is 89.1 cm³/mol. The van der Waals surface area contributed by atoms with E-state index in [1.807, 2.05) is 6.92 Å². The summed E-state index contributed by atoms with van der Waals surface area (Å²) in [5.74, 6) is 0.927. The van der Waals surface area contributed by atoms with E-state index in [1.54, 1.807) is 6.33 Å². The zero-order valence-corrected chi connectivity index (χ0v) is 12.8. The maximum absolute atomic E-state index is 4.43. The van der Waals surface area contributed by atoms with Gasteiger partial charge in [-0.3, -0.25) is 0 Å². The second-order valence-electron chi connectivity index (χ2n) is 6.29. The summed E-state index contributed by atoms with van der Waals surface area (Å²) in [5, 5.41) is 4.64. The zero-order valence-electron chi connectivity index (χ0n) is 12.8. The molecule has 4 nitrogen and oxygen atoms in total. The molecule has 1 aromatic carbocycles. The van der Waals surface area contributed by atoms with Crippen LogP contribution in [0.25, 0.3) is 11.0 Å². The summed E-state index contributed by atoms with van der Waals surface area (Å²) in [6, 6.07) is 12.9. The molecule has 0 saturated heterocycles. The predicted octanol–water partition coefficient (Wildman–Crippen LogP) is 3.80. The van der Waals surface area contributed by atoms with Crippen LogP contribution in [0.15, 0.2) is 42.7 Å². The Morgan fingerprint density at radius 1 is 1.18 bits per heavy atom. The standard InChI is InChI=1S/C18H20N4/c1-13-10-15-16(20-12-21-17(15)22-13)19-11-18(8-5-9-18)14-6-3-2-4-7-14/h2-4,6-7,10,12H,5,8-9,11H2,1H3,(H2,19,20,21,22). The van der Waals surface area contributed by atoms with Crippen molar-refractivity contribution < 1.29 is 0 Å². The van der Waals surface area contributed by atoms with Gasteiger partial charge < -0.3 is 10.3 Å². The molecule has 2 heterocycles. The number of nitrogens with zero attached hydrogens (tertiary/aromatic N) is 2. The number of benzene rings is 1. The number of hydrogen-bond donors (Lipinski definition) is 2.